The van der Waals surface area contributed by atoms with Gasteiger partial charge in [-0.1, -0.05) is 30.3 Å². The SMILES string of the molecule is Cc1nc(N)nc(-c2ccccc2)c1Br. The van der Waals surface area contributed by atoms with Gasteiger partial charge in [0.1, 0.15) is 0 Å². The summed E-state index contributed by atoms with van der Waals surface area (Å²) in [4.78, 5) is 8.30. The summed E-state index contributed by atoms with van der Waals surface area (Å²) in [5, 5.41) is 0. The standard InChI is InChI=1S/C11H10BrN3/c1-7-9(12)10(15-11(13)14-7)8-5-3-2-4-6-8/h2-6H,1H3,(H2,13,14,15). The van der Waals surface area contributed by atoms with Gasteiger partial charge in [0.15, 0.2) is 0 Å². The summed E-state index contributed by atoms with van der Waals surface area (Å²) >= 11 is 3.47. The maximum atomic E-state index is 5.62. The van der Waals surface area contributed by atoms with Crippen LogP contribution >= 0.6 is 15.9 Å². The van der Waals surface area contributed by atoms with Crippen LogP contribution in [0, 0.1) is 6.92 Å². The Hall–Kier alpha value is -1.42. The second-order valence-electron chi connectivity index (χ2n) is 3.20. The first kappa shape index (κ1) is 10.1. The Kier molecular flexibility index (Phi) is 2.68. The van der Waals surface area contributed by atoms with Gasteiger partial charge in [-0.2, -0.15) is 0 Å². The van der Waals surface area contributed by atoms with Crippen LogP contribution in [0.4, 0.5) is 5.95 Å². The van der Waals surface area contributed by atoms with E-state index in [9.17, 15) is 0 Å². The van der Waals surface area contributed by atoms with Crippen molar-refractivity contribution in [2.75, 3.05) is 5.73 Å². The lowest BCUT2D eigenvalue weighted by Crippen LogP contribution is -2.00. The van der Waals surface area contributed by atoms with Crippen molar-refractivity contribution in [3.05, 3.63) is 40.5 Å². The molecule has 4 heteroatoms. The summed E-state index contributed by atoms with van der Waals surface area (Å²) in [6, 6.07) is 9.89. The highest BCUT2D eigenvalue weighted by Gasteiger charge is 2.09. The maximum absolute atomic E-state index is 5.62. The molecule has 0 aliphatic carbocycles. The highest BCUT2D eigenvalue weighted by Crippen LogP contribution is 2.28. The first-order chi connectivity index (χ1) is 7.18. The van der Waals surface area contributed by atoms with Gasteiger partial charge < -0.3 is 5.73 Å². The highest BCUT2D eigenvalue weighted by atomic mass is 79.9. The van der Waals surface area contributed by atoms with Gasteiger partial charge >= 0.3 is 0 Å². The number of halogens is 1. The second kappa shape index (κ2) is 3.98. The van der Waals surface area contributed by atoms with Crippen LogP contribution in [0.1, 0.15) is 5.69 Å². The van der Waals surface area contributed by atoms with E-state index in [4.69, 9.17) is 5.73 Å². The summed E-state index contributed by atoms with van der Waals surface area (Å²) < 4.78 is 0.892. The molecule has 2 N–H and O–H groups in total. The van der Waals surface area contributed by atoms with Crippen molar-refractivity contribution in [2.45, 2.75) is 6.92 Å². The molecule has 3 nitrogen and oxygen atoms in total. The van der Waals surface area contributed by atoms with Crippen molar-refractivity contribution in [1.29, 1.82) is 0 Å². The fourth-order valence-electron chi connectivity index (χ4n) is 1.37. The molecule has 0 aliphatic heterocycles. The molecule has 0 radical (unpaired) electrons. The number of anilines is 1. The van der Waals surface area contributed by atoms with E-state index in [-0.39, 0.29) is 0 Å². The van der Waals surface area contributed by atoms with E-state index in [1.54, 1.807) is 0 Å². The average Bonchev–Trinajstić information content (AvgIpc) is 2.24. The Balaban J connectivity index is 2.63. The van der Waals surface area contributed by atoms with Gasteiger partial charge in [0.2, 0.25) is 5.95 Å². The minimum absolute atomic E-state index is 0.301. The number of benzene rings is 1. The van der Waals surface area contributed by atoms with Crippen molar-refractivity contribution < 1.29 is 0 Å². The van der Waals surface area contributed by atoms with E-state index in [1.165, 1.54) is 0 Å². The van der Waals surface area contributed by atoms with Crippen molar-refractivity contribution in [3.63, 3.8) is 0 Å². The third-order valence-electron chi connectivity index (χ3n) is 2.08. The number of aromatic nitrogens is 2. The van der Waals surface area contributed by atoms with Crippen molar-refractivity contribution in [3.8, 4) is 11.3 Å². The van der Waals surface area contributed by atoms with E-state index in [1.807, 2.05) is 37.3 Å². The number of aryl methyl sites for hydroxylation is 1. The lowest BCUT2D eigenvalue weighted by atomic mass is 10.1. The van der Waals surface area contributed by atoms with Gasteiger partial charge in [-0.05, 0) is 22.9 Å². The van der Waals surface area contributed by atoms with Gasteiger partial charge in [0, 0.05) is 5.56 Å². The molecule has 1 aromatic carbocycles. The average molecular weight is 264 g/mol. The molecular formula is C11H10BrN3. The van der Waals surface area contributed by atoms with E-state index in [0.717, 1.165) is 21.4 Å². The van der Waals surface area contributed by atoms with Crippen molar-refractivity contribution in [1.82, 2.24) is 9.97 Å². The number of nitrogen functional groups attached to an aromatic ring is 1. The highest BCUT2D eigenvalue weighted by molar-refractivity contribution is 9.10. The number of nitrogens with two attached hydrogens (primary N) is 1. The van der Waals surface area contributed by atoms with Crippen LogP contribution in [-0.2, 0) is 0 Å². The molecule has 0 saturated heterocycles. The Morgan fingerprint density at radius 1 is 1.13 bits per heavy atom. The summed E-state index contributed by atoms with van der Waals surface area (Å²) in [5.41, 5.74) is 8.33. The summed E-state index contributed by atoms with van der Waals surface area (Å²) in [7, 11) is 0. The van der Waals surface area contributed by atoms with E-state index >= 15 is 0 Å². The molecule has 1 heterocycles. The first-order valence-corrected chi connectivity index (χ1v) is 5.33. The minimum Gasteiger partial charge on any atom is -0.368 e. The molecule has 0 atom stereocenters. The predicted octanol–water partition coefficient (Wildman–Crippen LogP) is 2.80. The van der Waals surface area contributed by atoms with Gasteiger partial charge in [0.25, 0.3) is 0 Å². The van der Waals surface area contributed by atoms with Crippen LogP contribution in [0.15, 0.2) is 34.8 Å². The van der Waals surface area contributed by atoms with Gasteiger partial charge in [-0.15, -0.1) is 0 Å². The predicted molar refractivity (Wildman–Crippen MR) is 64.3 cm³/mol. The van der Waals surface area contributed by atoms with E-state index in [2.05, 4.69) is 25.9 Å². The molecule has 2 rings (SSSR count). The lowest BCUT2D eigenvalue weighted by Gasteiger charge is -2.06. The molecule has 0 unspecified atom stereocenters. The largest absolute Gasteiger partial charge is 0.368 e. The molecule has 0 aliphatic rings. The molecule has 0 saturated carbocycles. The molecule has 2 aromatic rings. The lowest BCUT2D eigenvalue weighted by molar-refractivity contribution is 1.10. The number of nitrogens with zero attached hydrogens (tertiary/aromatic N) is 2. The van der Waals surface area contributed by atoms with E-state index in [0.29, 0.717) is 5.95 Å². The third-order valence-corrected chi connectivity index (χ3v) is 3.03. The van der Waals surface area contributed by atoms with E-state index < -0.39 is 0 Å². The topological polar surface area (TPSA) is 51.8 Å². The molecule has 15 heavy (non-hydrogen) atoms. The van der Waals surface area contributed by atoms with Gasteiger partial charge in [-0.3, -0.25) is 0 Å². The second-order valence-corrected chi connectivity index (χ2v) is 3.99. The summed E-state index contributed by atoms with van der Waals surface area (Å²) in [5.74, 6) is 0.301. The monoisotopic (exact) mass is 263 g/mol. The number of rotatable bonds is 1. The van der Waals surface area contributed by atoms with Crippen LogP contribution in [-0.4, -0.2) is 9.97 Å². The quantitative estimate of drug-likeness (QED) is 0.861. The summed E-state index contributed by atoms with van der Waals surface area (Å²) in [6.07, 6.45) is 0. The smallest absolute Gasteiger partial charge is 0.220 e. The number of hydrogen-bond acceptors (Lipinski definition) is 3. The molecule has 0 amide bonds. The van der Waals surface area contributed by atoms with Gasteiger partial charge in [0.05, 0.1) is 15.9 Å². The normalized spacial score (nSPS) is 10.3. The molecule has 0 spiro atoms. The summed E-state index contributed by atoms with van der Waals surface area (Å²) in [6.45, 7) is 1.90. The minimum atomic E-state index is 0.301. The molecule has 0 fully saturated rings. The van der Waals surface area contributed by atoms with Crippen molar-refractivity contribution >= 4 is 21.9 Å². The first-order valence-electron chi connectivity index (χ1n) is 4.53. The molecule has 76 valence electrons. The van der Waals surface area contributed by atoms with Crippen LogP contribution in [0.5, 0.6) is 0 Å². The maximum Gasteiger partial charge on any atom is 0.220 e. The van der Waals surface area contributed by atoms with Crippen LogP contribution in [0.2, 0.25) is 0 Å². The van der Waals surface area contributed by atoms with Crippen LogP contribution in [0.3, 0.4) is 0 Å². The Bertz CT molecular complexity index is 483. The van der Waals surface area contributed by atoms with Gasteiger partial charge in [-0.25, -0.2) is 9.97 Å². The number of hydrogen-bond donors (Lipinski definition) is 1. The third kappa shape index (κ3) is 1.99. The zero-order valence-electron chi connectivity index (χ0n) is 8.24. The zero-order chi connectivity index (χ0) is 10.8. The van der Waals surface area contributed by atoms with Crippen LogP contribution in [0.25, 0.3) is 11.3 Å². The Morgan fingerprint density at radius 3 is 2.47 bits per heavy atom. The fourth-order valence-corrected chi connectivity index (χ4v) is 1.77. The molecule has 0 bridgehead atoms. The Labute approximate surface area is 96.5 Å². The molecule has 1 aromatic heterocycles. The van der Waals surface area contributed by atoms with Crippen LogP contribution < -0.4 is 5.73 Å². The molecular weight excluding hydrogens is 254 g/mol. The van der Waals surface area contributed by atoms with Crippen molar-refractivity contribution in [2.24, 2.45) is 0 Å². The zero-order valence-corrected chi connectivity index (χ0v) is 9.82. The Morgan fingerprint density at radius 2 is 1.80 bits per heavy atom. The fraction of sp³-hybridized carbons (Fsp3) is 0.0909.